The van der Waals surface area contributed by atoms with E-state index in [1.165, 1.54) is 13.2 Å². The SMILES string of the molecule is C=CCOC(=O)c1[nH]c2c(c1C)C(=O)[C@@H](C(=O)OC)[C@H](C)C2. The zero-order chi connectivity index (χ0) is 16.4. The van der Waals surface area contributed by atoms with Gasteiger partial charge in [-0.3, -0.25) is 9.59 Å². The molecule has 1 N–H and O–H groups in total. The number of ether oxygens (including phenoxy) is 2. The Morgan fingerprint density at radius 3 is 2.73 bits per heavy atom. The van der Waals surface area contributed by atoms with E-state index >= 15 is 0 Å². The first-order chi connectivity index (χ1) is 10.4. The van der Waals surface area contributed by atoms with E-state index in [1.807, 2.05) is 6.92 Å². The quantitative estimate of drug-likeness (QED) is 0.521. The predicted octanol–water partition coefficient (Wildman–Crippen LogP) is 1.83. The predicted molar refractivity (Wildman–Crippen MR) is 78.7 cm³/mol. The Hall–Kier alpha value is -2.37. The summed E-state index contributed by atoms with van der Waals surface area (Å²) in [6.45, 7) is 7.06. The third kappa shape index (κ3) is 2.56. The average molecular weight is 305 g/mol. The van der Waals surface area contributed by atoms with Gasteiger partial charge in [-0.1, -0.05) is 19.6 Å². The lowest BCUT2D eigenvalue weighted by Gasteiger charge is -2.25. The van der Waals surface area contributed by atoms with Crippen molar-refractivity contribution in [1.82, 2.24) is 4.98 Å². The van der Waals surface area contributed by atoms with Crippen LogP contribution in [0.2, 0.25) is 0 Å². The van der Waals surface area contributed by atoms with Gasteiger partial charge in [0.15, 0.2) is 5.78 Å². The van der Waals surface area contributed by atoms with E-state index in [2.05, 4.69) is 11.6 Å². The van der Waals surface area contributed by atoms with Crippen LogP contribution in [0.15, 0.2) is 12.7 Å². The lowest BCUT2D eigenvalue weighted by molar-refractivity contribution is -0.145. The highest BCUT2D eigenvalue weighted by Gasteiger charge is 2.41. The molecule has 1 aliphatic rings. The Bertz CT molecular complexity index is 643. The number of aromatic nitrogens is 1. The summed E-state index contributed by atoms with van der Waals surface area (Å²) in [7, 11) is 1.26. The molecule has 0 saturated carbocycles. The molecule has 0 bridgehead atoms. The van der Waals surface area contributed by atoms with Crippen LogP contribution in [0.5, 0.6) is 0 Å². The number of nitrogens with one attached hydrogen (secondary N) is 1. The van der Waals surface area contributed by atoms with Gasteiger partial charge in [-0.05, 0) is 24.8 Å². The Balaban J connectivity index is 2.40. The maximum Gasteiger partial charge on any atom is 0.355 e. The highest BCUT2D eigenvalue weighted by atomic mass is 16.5. The molecule has 0 saturated heterocycles. The second-order valence-corrected chi connectivity index (χ2v) is 5.41. The standard InChI is InChI=1S/C16H19NO5/c1-5-6-22-16(20)13-9(3)12-10(17-13)7-8(2)11(14(12)18)15(19)21-4/h5,8,11,17H,1,6-7H2,2-4H3/t8-,11+/m1/s1. The smallest absolute Gasteiger partial charge is 0.355 e. The van der Waals surface area contributed by atoms with Crippen LogP contribution in [-0.2, 0) is 20.7 Å². The lowest BCUT2D eigenvalue weighted by Crippen LogP contribution is -2.36. The Kier molecular flexibility index (Phi) is 4.49. The first kappa shape index (κ1) is 16.0. The molecule has 0 radical (unpaired) electrons. The van der Waals surface area contributed by atoms with Crippen molar-refractivity contribution in [2.24, 2.45) is 11.8 Å². The summed E-state index contributed by atoms with van der Waals surface area (Å²) in [6.07, 6.45) is 1.97. The van der Waals surface area contributed by atoms with E-state index in [0.29, 0.717) is 23.2 Å². The fourth-order valence-electron chi connectivity index (χ4n) is 2.88. The normalized spacial score (nSPS) is 20.2. The summed E-state index contributed by atoms with van der Waals surface area (Å²) in [5, 5.41) is 0. The van der Waals surface area contributed by atoms with Crippen LogP contribution in [0.1, 0.15) is 39.0 Å². The number of esters is 2. The van der Waals surface area contributed by atoms with E-state index in [4.69, 9.17) is 9.47 Å². The molecule has 0 unspecified atom stereocenters. The number of H-pyrrole nitrogens is 1. The third-order valence-electron chi connectivity index (χ3n) is 3.94. The lowest BCUT2D eigenvalue weighted by atomic mass is 9.77. The Morgan fingerprint density at radius 2 is 2.14 bits per heavy atom. The summed E-state index contributed by atoms with van der Waals surface area (Å²) in [4.78, 5) is 39.4. The molecule has 2 atom stereocenters. The fourth-order valence-corrected chi connectivity index (χ4v) is 2.88. The van der Waals surface area contributed by atoms with Crippen LogP contribution in [0.25, 0.3) is 0 Å². The number of Topliss-reactive ketones (excluding diaryl/α,β-unsaturated/α-hetero) is 1. The summed E-state index contributed by atoms with van der Waals surface area (Å²) < 4.78 is 9.72. The Labute approximate surface area is 128 Å². The molecule has 6 nitrogen and oxygen atoms in total. The number of hydrogen-bond acceptors (Lipinski definition) is 5. The van der Waals surface area contributed by atoms with Crippen molar-refractivity contribution in [3.05, 3.63) is 35.2 Å². The third-order valence-corrected chi connectivity index (χ3v) is 3.94. The number of ketones is 1. The largest absolute Gasteiger partial charge is 0.468 e. The van der Waals surface area contributed by atoms with E-state index in [9.17, 15) is 14.4 Å². The van der Waals surface area contributed by atoms with Crippen LogP contribution in [0.4, 0.5) is 0 Å². The minimum atomic E-state index is -0.830. The molecular formula is C16H19NO5. The molecular weight excluding hydrogens is 286 g/mol. The van der Waals surface area contributed by atoms with Gasteiger partial charge in [0.05, 0.1) is 7.11 Å². The fraction of sp³-hybridized carbons (Fsp3) is 0.438. The molecule has 6 heteroatoms. The van der Waals surface area contributed by atoms with Crippen LogP contribution >= 0.6 is 0 Å². The molecule has 118 valence electrons. The minimum Gasteiger partial charge on any atom is -0.468 e. The van der Waals surface area contributed by atoms with Gasteiger partial charge in [-0.25, -0.2) is 4.79 Å². The first-order valence-corrected chi connectivity index (χ1v) is 7.03. The van der Waals surface area contributed by atoms with Gasteiger partial charge >= 0.3 is 11.9 Å². The summed E-state index contributed by atoms with van der Waals surface area (Å²) in [5.41, 5.74) is 1.83. The number of fused-ring (bicyclic) bond motifs is 1. The highest BCUT2D eigenvalue weighted by molar-refractivity contribution is 6.12. The molecule has 0 aliphatic heterocycles. The van der Waals surface area contributed by atoms with Crippen LogP contribution < -0.4 is 0 Å². The summed E-state index contributed by atoms with van der Waals surface area (Å²) >= 11 is 0. The zero-order valence-electron chi connectivity index (χ0n) is 12.9. The topological polar surface area (TPSA) is 85.5 Å². The molecule has 0 spiro atoms. The highest BCUT2D eigenvalue weighted by Crippen LogP contribution is 2.34. The number of hydrogen-bond donors (Lipinski definition) is 1. The molecule has 0 fully saturated rings. The number of methoxy groups -OCH3 is 1. The van der Waals surface area contributed by atoms with Gasteiger partial charge in [0.1, 0.15) is 18.2 Å². The second kappa shape index (κ2) is 6.17. The van der Waals surface area contributed by atoms with Crippen LogP contribution in [0.3, 0.4) is 0 Å². The molecule has 1 heterocycles. The molecule has 2 rings (SSSR count). The van der Waals surface area contributed by atoms with Crippen LogP contribution in [-0.4, -0.2) is 36.4 Å². The molecule has 1 aromatic heterocycles. The van der Waals surface area contributed by atoms with E-state index in [0.717, 1.165) is 0 Å². The number of aromatic amines is 1. The zero-order valence-corrected chi connectivity index (χ0v) is 12.9. The van der Waals surface area contributed by atoms with E-state index in [1.54, 1.807) is 6.92 Å². The monoisotopic (exact) mass is 305 g/mol. The van der Waals surface area contributed by atoms with Gasteiger partial charge in [-0.2, -0.15) is 0 Å². The van der Waals surface area contributed by atoms with Crippen molar-refractivity contribution in [1.29, 1.82) is 0 Å². The van der Waals surface area contributed by atoms with Crippen LogP contribution in [0, 0.1) is 18.8 Å². The van der Waals surface area contributed by atoms with Gasteiger partial charge in [0.2, 0.25) is 0 Å². The van der Waals surface area contributed by atoms with Crippen molar-refractivity contribution >= 4 is 17.7 Å². The maximum absolute atomic E-state index is 12.6. The maximum atomic E-state index is 12.6. The van der Waals surface area contributed by atoms with E-state index < -0.39 is 17.9 Å². The van der Waals surface area contributed by atoms with E-state index in [-0.39, 0.29) is 24.0 Å². The van der Waals surface area contributed by atoms with Crippen molar-refractivity contribution < 1.29 is 23.9 Å². The van der Waals surface area contributed by atoms with Crippen molar-refractivity contribution in [2.75, 3.05) is 13.7 Å². The summed E-state index contributed by atoms with van der Waals surface area (Å²) in [5.74, 6) is -2.41. The second-order valence-electron chi connectivity index (χ2n) is 5.41. The molecule has 0 aromatic carbocycles. The van der Waals surface area contributed by atoms with Gasteiger partial charge in [0.25, 0.3) is 0 Å². The molecule has 22 heavy (non-hydrogen) atoms. The Morgan fingerprint density at radius 1 is 1.45 bits per heavy atom. The van der Waals surface area contributed by atoms with Gasteiger partial charge in [0, 0.05) is 11.3 Å². The molecule has 0 amide bonds. The van der Waals surface area contributed by atoms with Gasteiger partial charge in [-0.15, -0.1) is 0 Å². The minimum absolute atomic E-state index is 0.0943. The number of carbonyl (C=O) groups is 3. The molecule has 1 aromatic rings. The van der Waals surface area contributed by atoms with Crippen molar-refractivity contribution in [3.8, 4) is 0 Å². The first-order valence-electron chi connectivity index (χ1n) is 7.03. The van der Waals surface area contributed by atoms with Crippen molar-refractivity contribution in [2.45, 2.75) is 20.3 Å². The molecule has 1 aliphatic carbocycles. The van der Waals surface area contributed by atoms with Gasteiger partial charge < -0.3 is 14.5 Å². The summed E-state index contributed by atoms with van der Waals surface area (Å²) in [6, 6.07) is 0. The van der Waals surface area contributed by atoms with Crippen molar-refractivity contribution in [3.63, 3.8) is 0 Å². The number of rotatable bonds is 4. The average Bonchev–Trinajstić information content (AvgIpc) is 2.81. The number of carbonyl (C=O) groups excluding carboxylic acids is 3.